The summed E-state index contributed by atoms with van der Waals surface area (Å²) in [4.78, 5) is 2.31. The van der Waals surface area contributed by atoms with Gasteiger partial charge in [0.15, 0.2) is 0 Å². The van der Waals surface area contributed by atoms with Crippen LogP contribution in [0.1, 0.15) is 98.3 Å². The molecule has 0 aromatic rings. The Morgan fingerprint density at radius 3 is 1.87 bits per heavy atom. The van der Waals surface area contributed by atoms with Crippen LogP contribution < -0.4 is 0 Å². The fourth-order valence-corrected chi connectivity index (χ4v) is 3.93. The van der Waals surface area contributed by atoms with Gasteiger partial charge in [-0.2, -0.15) is 0 Å². The number of unbranched alkanes of at least 4 members (excludes halogenated alkanes) is 5. The standard InChI is InChI=1S/C21H45NO/c1-7-11-12-13-14-15-17-20(18-16-19-22(5)6)21(8-2,9-3)23-10-4/h20H,7-19H2,1-6H3. The molecule has 0 radical (unpaired) electrons. The van der Waals surface area contributed by atoms with Crippen molar-refractivity contribution < 1.29 is 4.74 Å². The molecule has 0 saturated carbocycles. The monoisotopic (exact) mass is 327 g/mol. The molecule has 1 unspecified atom stereocenters. The third-order valence-corrected chi connectivity index (χ3v) is 5.44. The molecular weight excluding hydrogens is 282 g/mol. The summed E-state index contributed by atoms with van der Waals surface area (Å²) < 4.78 is 6.33. The van der Waals surface area contributed by atoms with Crippen molar-refractivity contribution in [3.63, 3.8) is 0 Å². The summed E-state index contributed by atoms with van der Waals surface area (Å²) >= 11 is 0. The van der Waals surface area contributed by atoms with Gasteiger partial charge in [0.05, 0.1) is 5.60 Å². The molecule has 0 aliphatic heterocycles. The lowest BCUT2D eigenvalue weighted by Crippen LogP contribution is -2.40. The van der Waals surface area contributed by atoms with E-state index in [1.807, 2.05) is 0 Å². The highest BCUT2D eigenvalue weighted by Crippen LogP contribution is 2.36. The van der Waals surface area contributed by atoms with Crippen molar-refractivity contribution in [1.82, 2.24) is 4.90 Å². The summed E-state index contributed by atoms with van der Waals surface area (Å²) in [6, 6.07) is 0. The van der Waals surface area contributed by atoms with Gasteiger partial charge < -0.3 is 9.64 Å². The van der Waals surface area contributed by atoms with Gasteiger partial charge in [-0.3, -0.25) is 0 Å². The van der Waals surface area contributed by atoms with Crippen molar-refractivity contribution in [2.24, 2.45) is 5.92 Å². The molecule has 1 atom stereocenters. The third kappa shape index (κ3) is 9.72. The highest BCUT2D eigenvalue weighted by Gasteiger charge is 2.35. The molecular formula is C21H45NO. The van der Waals surface area contributed by atoms with Gasteiger partial charge in [0.1, 0.15) is 0 Å². The average Bonchev–Trinajstić information content (AvgIpc) is 2.54. The Kier molecular flexibility index (Phi) is 14.2. The first-order valence-corrected chi connectivity index (χ1v) is 10.3. The van der Waals surface area contributed by atoms with Gasteiger partial charge in [-0.1, -0.05) is 59.3 Å². The molecule has 0 bridgehead atoms. The van der Waals surface area contributed by atoms with Gasteiger partial charge in [0, 0.05) is 6.61 Å². The smallest absolute Gasteiger partial charge is 0.0705 e. The minimum atomic E-state index is 0.116. The quantitative estimate of drug-likeness (QED) is 0.309. The average molecular weight is 328 g/mol. The summed E-state index contributed by atoms with van der Waals surface area (Å²) in [6.07, 6.45) is 14.6. The van der Waals surface area contributed by atoms with Crippen LogP contribution in [0.15, 0.2) is 0 Å². The lowest BCUT2D eigenvalue weighted by molar-refractivity contribution is -0.0937. The number of ether oxygens (including phenoxy) is 1. The topological polar surface area (TPSA) is 12.5 Å². The van der Waals surface area contributed by atoms with Crippen molar-refractivity contribution in [1.29, 1.82) is 0 Å². The van der Waals surface area contributed by atoms with Crippen LogP contribution in [0.3, 0.4) is 0 Å². The van der Waals surface area contributed by atoms with E-state index in [9.17, 15) is 0 Å². The first-order chi connectivity index (χ1) is 11.1. The molecule has 0 rings (SSSR count). The number of nitrogens with zero attached hydrogens (tertiary/aromatic N) is 1. The van der Waals surface area contributed by atoms with E-state index in [1.54, 1.807) is 0 Å². The fraction of sp³-hybridized carbons (Fsp3) is 1.00. The van der Waals surface area contributed by atoms with E-state index in [4.69, 9.17) is 4.74 Å². The Balaban J connectivity index is 4.52. The Morgan fingerprint density at radius 1 is 0.783 bits per heavy atom. The third-order valence-electron chi connectivity index (χ3n) is 5.44. The molecule has 0 spiro atoms. The molecule has 0 aromatic heterocycles. The predicted octanol–water partition coefficient (Wildman–Crippen LogP) is 6.29. The second-order valence-electron chi connectivity index (χ2n) is 7.40. The van der Waals surface area contributed by atoms with Crippen LogP contribution in [0.25, 0.3) is 0 Å². The molecule has 23 heavy (non-hydrogen) atoms. The van der Waals surface area contributed by atoms with Gasteiger partial charge >= 0.3 is 0 Å². The molecule has 2 nitrogen and oxygen atoms in total. The van der Waals surface area contributed by atoms with Crippen molar-refractivity contribution >= 4 is 0 Å². The molecule has 0 aromatic carbocycles. The van der Waals surface area contributed by atoms with Crippen LogP contribution in [0.4, 0.5) is 0 Å². The van der Waals surface area contributed by atoms with E-state index < -0.39 is 0 Å². The largest absolute Gasteiger partial charge is 0.375 e. The maximum absolute atomic E-state index is 6.33. The Labute approximate surface area is 147 Å². The highest BCUT2D eigenvalue weighted by atomic mass is 16.5. The van der Waals surface area contributed by atoms with Gasteiger partial charge in [-0.05, 0) is 65.6 Å². The van der Waals surface area contributed by atoms with Crippen LogP contribution >= 0.6 is 0 Å². The molecule has 0 aliphatic carbocycles. The van der Waals surface area contributed by atoms with E-state index >= 15 is 0 Å². The SMILES string of the molecule is CCCCCCCCC(CCCN(C)C)C(CC)(CC)OCC. The Hall–Kier alpha value is -0.0800. The molecule has 0 heterocycles. The predicted molar refractivity (Wildman–Crippen MR) is 104 cm³/mol. The van der Waals surface area contributed by atoms with E-state index in [2.05, 4.69) is 46.7 Å². The van der Waals surface area contributed by atoms with E-state index in [0.717, 1.165) is 25.4 Å². The van der Waals surface area contributed by atoms with E-state index in [-0.39, 0.29) is 5.60 Å². The fourth-order valence-electron chi connectivity index (χ4n) is 3.93. The van der Waals surface area contributed by atoms with Crippen molar-refractivity contribution in [3.05, 3.63) is 0 Å². The zero-order valence-electron chi connectivity index (χ0n) is 17.1. The lowest BCUT2D eigenvalue weighted by atomic mass is 9.76. The lowest BCUT2D eigenvalue weighted by Gasteiger charge is -2.40. The molecule has 0 amide bonds. The first kappa shape index (κ1) is 22.9. The van der Waals surface area contributed by atoms with Crippen LogP contribution in [-0.4, -0.2) is 37.7 Å². The summed E-state index contributed by atoms with van der Waals surface area (Å²) in [5.41, 5.74) is 0.116. The van der Waals surface area contributed by atoms with Crippen LogP contribution in [-0.2, 0) is 4.74 Å². The molecule has 0 saturated heterocycles. The second kappa shape index (κ2) is 14.3. The maximum atomic E-state index is 6.33. The molecule has 0 aliphatic rings. The highest BCUT2D eigenvalue weighted by molar-refractivity contribution is 4.86. The molecule has 140 valence electrons. The van der Waals surface area contributed by atoms with Gasteiger partial charge in [-0.15, -0.1) is 0 Å². The van der Waals surface area contributed by atoms with Crippen molar-refractivity contribution in [3.8, 4) is 0 Å². The number of hydrogen-bond donors (Lipinski definition) is 0. The zero-order valence-corrected chi connectivity index (χ0v) is 17.1. The minimum Gasteiger partial charge on any atom is -0.375 e. The minimum absolute atomic E-state index is 0.116. The van der Waals surface area contributed by atoms with Gasteiger partial charge in [-0.25, -0.2) is 0 Å². The van der Waals surface area contributed by atoms with Crippen molar-refractivity contribution in [2.45, 2.75) is 104 Å². The summed E-state index contributed by atoms with van der Waals surface area (Å²) in [5.74, 6) is 0.726. The van der Waals surface area contributed by atoms with E-state index in [1.165, 1.54) is 64.3 Å². The maximum Gasteiger partial charge on any atom is 0.0705 e. The molecule has 0 fully saturated rings. The summed E-state index contributed by atoms with van der Waals surface area (Å²) in [6.45, 7) is 11.1. The van der Waals surface area contributed by atoms with Crippen LogP contribution in [0.5, 0.6) is 0 Å². The molecule has 0 N–H and O–H groups in total. The van der Waals surface area contributed by atoms with Crippen LogP contribution in [0.2, 0.25) is 0 Å². The second-order valence-corrected chi connectivity index (χ2v) is 7.40. The molecule has 2 heteroatoms. The van der Waals surface area contributed by atoms with Crippen LogP contribution in [0, 0.1) is 5.92 Å². The Bertz CT molecular complexity index is 248. The summed E-state index contributed by atoms with van der Waals surface area (Å²) in [7, 11) is 4.36. The number of hydrogen-bond acceptors (Lipinski definition) is 2. The zero-order chi connectivity index (χ0) is 17.6. The normalized spacial score (nSPS) is 13.7. The van der Waals surface area contributed by atoms with E-state index in [0.29, 0.717) is 0 Å². The summed E-state index contributed by atoms with van der Waals surface area (Å²) in [5, 5.41) is 0. The van der Waals surface area contributed by atoms with Gasteiger partial charge in [0.2, 0.25) is 0 Å². The first-order valence-electron chi connectivity index (χ1n) is 10.3. The number of rotatable bonds is 16. The van der Waals surface area contributed by atoms with Gasteiger partial charge in [0.25, 0.3) is 0 Å². The van der Waals surface area contributed by atoms with Crippen molar-refractivity contribution in [2.75, 3.05) is 27.2 Å². The Morgan fingerprint density at radius 2 is 1.35 bits per heavy atom.